The minimum absolute atomic E-state index is 0.763. The number of hydrogen-bond acceptors (Lipinski definition) is 6. The van der Waals surface area contributed by atoms with Crippen LogP contribution in [0.25, 0.3) is 11.1 Å². The quantitative estimate of drug-likeness (QED) is 0.205. The molecule has 198 valence electrons. The zero-order valence-corrected chi connectivity index (χ0v) is 22.1. The SMILES string of the molecule is c1ccc2c(c1)Oc1cccc3c1N2c1ccc(-c2ccc4c(c2)Oc2cccc5c2N4c2ccccc2O5)cc1O3. The predicted molar refractivity (Wildman–Crippen MR) is 162 cm³/mol. The molecule has 0 bridgehead atoms. The number of fused-ring (bicyclic) bond motifs is 8. The molecule has 4 aliphatic rings. The van der Waals surface area contributed by atoms with Crippen molar-refractivity contribution in [2.45, 2.75) is 0 Å². The molecule has 6 heteroatoms. The predicted octanol–water partition coefficient (Wildman–Crippen LogP) is 10.7. The van der Waals surface area contributed by atoms with E-state index in [0.717, 1.165) is 91.2 Å². The summed E-state index contributed by atoms with van der Waals surface area (Å²) in [5, 5.41) is 0. The lowest BCUT2D eigenvalue weighted by molar-refractivity contribution is 0.445. The molecule has 0 amide bonds. The first-order chi connectivity index (χ1) is 20.8. The number of benzene rings is 6. The van der Waals surface area contributed by atoms with Gasteiger partial charge in [0.25, 0.3) is 0 Å². The van der Waals surface area contributed by atoms with Crippen LogP contribution in [0.15, 0.2) is 121 Å². The number of rotatable bonds is 1. The second-order valence-electron chi connectivity index (χ2n) is 10.6. The molecule has 4 heterocycles. The molecule has 42 heavy (non-hydrogen) atoms. The molecule has 0 saturated carbocycles. The van der Waals surface area contributed by atoms with E-state index in [2.05, 4.69) is 58.3 Å². The third kappa shape index (κ3) is 2.87. The van der Waals surface area contributed by atoms with E-state index in [1.54, 1.807) is 0 Å². The van der Waals surface area contributed by atoms with Gasteiger partial charge in [0, 0.05) is 0 Å². The van der Waals surface area contributed by atoms with Crippen molar-refractivity contribution in [2.75, 3.05) is 9.80 Å². The monoisotopic (exact) mass is 544 g/mol. The average molecular weight is 545 g/mol. The normalized spacial score (nSPS) is 13.9. The van der Waals surface area contributed by atoms with E-state index in [1.807, 2.05) is 72.8 Å². The second kappa shape index (κ2) is 7.86. The first-order valence-corrected chi connectivity index (χ1v) is 13.8. The molecule has 0 radical (unpaired) electrons. The van der Waals surface area contributed by atoms with Gasteiger partial charge in [-0.2, -0.15) is 0 Å². The van der Waals surface area contributed by atoms with Gasteiger partial charge in [-0.1, -0.05) is 48.5 Å². The van der Waals surface area contributed by atoms with E-state index in [0.29, 0.717) is 0 Å². The van der Waals surface area contributed by atoms with Crippen LogP contribution in [0.4, 0.5) is 34.1 Å². The number of hydrogen-bond donors (Lipinski definition) is 0. The molecule has 6 nitrogen and oxygen atoms in total. The molecule has 0 spiro atoms. The van der Waals surface area contributed by atoms with Crippen molar-refractivity contribution in [1.82, 2.24) is 0 Å². The van der Waals surface area contributed by atoms with E-state index in [4.69, 9.17) is 18.9 Å². The molecular formula is C36H20N2O4. The van der Waals surface area contributed by atoms with Gasteiger partial charge < -0.3 is 18.9 Å². The Morgan fingerprint density at radius 2 is 0.667 bits per heavy atom. The van der Waals surface area contributed by atoms with Gasteiger partial charge in [-0.3, -0.25) is 9.80 Å². The summed E-state index contributed by atoms with van der Waals surface area (Å²) >= 11 is 0. The summed E-state index contributed by atoms with van der Waals surface area (Å²) in [4.78, 5) is 4.46. The van der Waals surface area contributed by atoms with E-state index in [1.165, 1.54) is 0 Å². The first kappa shape index (κ1) is 21.9. The molecule has 0 fully saturated rings. The van der Waals surface area contributed by atoms with Crippen LogP contribution in [0.3, 0.4) is 0 Å². The average Bonchev–Trinajstić information content (AvgIpc) is 3.04. The van der Waals surface area contributed by atoms with Gasteiger partial charge in [0.1, 0.15) is 11.4 Å². The number of anilines is 6. The fraction of sp³-hybridized carbons (Fsp3) is 0. The first-order valence-electron chi connectivity index (χ1n) is 13.8. The van der Waals surface area contributed by atoms with Gasteiger partial charge in [-0.15, -0.1) is 0 Å². The molecule has 6 aromatic rings. The molecule has 0 unspecified atom stereocenters. The summed E-state index contributed by atoms with van der Waals surface area (Å²) in [5.41, 5.74) is 7.81. The molecule has 4 aliphatic heterocycles. The summed E-state index contributed by atoms with van der Waals surface area (Å²) in [6.45, 7) is 0. The largest absolute Gasteiger partial charge is 0.453 e. The molecule has 0 aliphatic carbocycles. The Morgan fingerprint density at radius 3 is 1.12 bits per heavy atom. The Kier molecular flexibility index (Phi) is 4.10. The zero-order chi connectivity index (χ0) is 27.4. The summed E-state index contributed by atoms with van der Waals surface area (Å²) in [6.07, 6.45) is 0. The molecule has 0 saturated heterocycles. The number of nitrogens with zero attached hydrogens (tertiary/aromatic N) is 2. The van der Waals surface area contributed by atoms with Gasteiger partial charge in [-0.05, 0) is 83.9 Å². The Balaban J connectivity index is 1.09. The molecule has 6 aromatic carbocycles. The fourth-order valence-electron chi connectivity index (χ4n) is 6.37. The molecular weight excluding hydrogens is 524 g/mol. The van der Waals surface area contributed by atoms with Crippen LogP contribution < -0.4 is 28.7 Å². The van der Waals surface area contributed by atoms with E-state index in [-0.39, 0.29) is 0 Å². The van der Waals surface area contributed by atoms with Crippen molar-refractivity contribution in [2.24, 2.45) is 0 Å². The maximum absolute atomic E-state index is 6.48. The van der Waals surface area contributed by atoms with E-state index >= 15 is 0 Å². The Morgan fingerprint density at radius 1 is 0.310 bits per heavy atom. The maximum Gasteiger partial charge on any atom is 0.155 e. The Labute approximate surface area is 241 Å². The molecule has 10 rings (SSSR count). The van der Waals surface area contributed by atoms with Crippen LogP contribution in [0.1, 0.15) is 0 Å². The van der Waals surface area contributed by atoms with Crippen LogP contribution in [0.2, 0.25) is 0 Å². The third-order valence-electron chi connectivity index (χ3n) is 8.20. The molecule has 0 aromatic heterocycles. The van der Waals surface area contributed by atoms with Gasteiger partial charge >= 0.3 is 0 Å². The van der Waals surface area contributed by atoms with Crippen LogP contribution in [0.5, 0.6) is 46.0 Å². The summed E-state index contributed by atoms with van der Waals surface area (Å²) in [5.74, 6) is 6.28. The smallest absolute Gasteiger partial charge is 0.155 e. The molecule has 0 N–H and O–H groups in total. The van der Waals surface area contributed by atoms with Crippen molar-refractivity contribution in [3.05, 3.63) is 121 Å². The summed E-state index contributed by atoms with van der Waals surface area (Å²) in [7, 11) is 0. The van der Waals surface area contributed by atoms with Gasteiger partial charge in [-0.25, -0.2) is 0 Å². The lowest BCUT2D eigenvalue weighted by Gasteiger charge is -2.38. The number of para-hydroxylation sites is 6. The van der Waals surface area contributed by atoms with Crippen LogP contribution in [0, 0.1) is 0 Å². The van der Waals surface area contributed by atoms with Crippen LogP contribution in [-0.2, 0) is 0 Å². The Hall–Kier alpha value is -5.88. The minimum atomic E-state index is 0.763. The second-order valence-corrected chi connectivity index (χ2v) is 10.6. The van der Waals surface area contributed by atoms with Gasteiger partial charge in [0.15, 0.2) is 46.0 Å². The zero-order valence-electron chi connectivity index (χ0n) is 22.1. The van der Waals surface area contributed by atoms with Crippen molar-refractivity contribution >= 4 is 34.1 Å². The Bertz CT molecular complexity index is 1990. The van der Waals surface area contributed by atoms with E-state index < -0.39 is 0 Å². The molecule has 0 atom stereocenters. The third-order valence-corrected chi connectivity index (χ3v) is 8.20. The fourth-order valence-corrected chi connectivity index (χ4v) is 6.37. The van der Waals surface area contributed by atoms with Crippen molar-refractivity contribution in [1.29, 1.82) is 0 Å². The highest BCUT2D eigenvalue weighted by molar-refractivity contribution is 5.96. The highest BCUT2D eigenvalue weighted by Crippen LogP contribution is 2.61. The topological polar surface area (TPSA) is 43.4 Å². The van der Waals surface area contributed by atoms with Crippen LogP contribution in [-0.4, -0.2) is 0 Å². The maximum atomic E-state index is 6.48. The van der Waals surface area contributed by atoms with Gasteiger partial charge in [0.05, 0.1) is 22.7 Å². The summed E-state index contributed by atoms with van der Waals surface area (Å²) in [6, 6.07) is 40.7. The highest BCUT2D eigenvalue weighted by Gasteiger charge is 2.36. The standard InChI is InChI=1S/C36H20N2O4/c1-3-9-27-23(7-1)37-25-17-15-21(19-33(25)41-31-13-5-11-29(39-27)35(31)37)22-16-18-26-34(20-22)42-32-14-6-12-30-36(32)38(26)24-8-2-4-10-28(24)40-30/h1-20H. The lowest BCUT2D eigenvalue weighted by atomic mass is 10.00. The van der Waals surface area contributed by atoms with Crippen molar-refractivity contribution in [3.8, 4) is 57.1 Å². The van der Waals surface area contributed by atoms with Crippen LogP contribution >= 0.6 is 0 Å². The highest BCUT2D eigenvalue weighted by atomic mass is 16.5. The van der Waals surface area contributed by atoms with Gasteiger partial charge in [0.2, 0.25) is 0 Å². The number of ether oxygens (including phenoxy) is 4. The lowest BCUT2D eigenvalue weighted by Crippen LogP contribution is -2.20. The summed E-state index contributed by atoms with van der Waals surface area (Å²) < 4.78 is 25.4. The van der Waals surface area contributed by atoms with Crippen molar-refractivity contribution < 1.29 is 18.9 Å². The van der Waals surface area contributed by atoms with E-state index in [9.17, 15) is 0 Å². The van der Waals surface area contributed by atoms with Crippen molar-refractivity contribution in [3.63, 3.8) is 0 Å². The minimum Gasteiger partial charge on any atom is -0.453 e.